The van der Waals surface area contributed by atoms with E-state index >= 15 is 0 Å². The van der Waals surface area contributed by atoms with Crippen molar-refractivity contribution in [3.05, 3.63) is 41.5 Å². The molecule has 0 bridgehead atoms. The van der Waals surface area contributed by atoms with Gasteiger partial charge in [0, 0.05) is 37.6 Å². The molecule has 2 atom stereocenters. The molecular formula is C20H32N10O5. The van der Waals surface area contributed by atoms with E-state index in [-0.39, 0.29) is 36.7 Å². The Balaban J connectivity index is 2.27. The number of nitrogens with one attached hydrogen (secondary N) is 3. The first-order valence-electron chi connectivity index (χ1n) is 10.8. The summed E-state index contributed by atoms with van der Waals surface area (Å²) < 4.78 is 0. The smallest absolute Gasteiger partial charge is 0.320 e. The number of rotatable bonds is 13. The Hall–Kier alpha value is -3.92. The van der Waals surface area contributed by atoms with E-state index in [0.29, 0.717) is 30.0 Å². The van der Waals surface area contributed by atoms with E-state index < -0.39 is 24.0 Å². The Morgan fingerprint density at radius 3 is 2.49 bits per heavy atom. The molecule has 192 valence electrons. The lowest BCUT2D eigenvalue weighted by Gasteiger charge is -2.17. The van der Waals surface area contributed by atoms with Crippen LogP contribution in [0.4, 0.5) is 0 Å². The molecule has 2 rings (SSSR count). The SMILES string of the molecule is CCNC(=O)c1cc(C2=CN(CCC(N)C(=O)O)NN2)nc(/C(N)=C/N(N)CCC(N)C(=O)O)c1. The third-order valence-corrected chi connectivity index (χ3v) is 4.93. The molecule has 2 unspecified atom stereocenters. The number of carbonyl (C=O) groups is 3. The molecule has 1 aliphatic rings. The number of nitrogens with zero attached hydrogens (tertiary/aromatic N) is 3. The van der Waals surface area contributed by atoms with Crippen molar-refractivity contribution in [2.75, 3.05) is 19.6 Å². The van der Waals surface area contributed by atoms with E-state index in [1.807, 2.05) is 0 Å². The second-order valence-electron chi connectivity index (χ2n) is 7.75. The first kappa shape index (κ1) is 27.3. The number of amides is 1. The summed E-state index contributed by atoms with van der Waals surface area (Å²) in [5, 5.41) is 23.3. The molecule has 0 radical (unpaired) electrons. The molecular weight excluding hydrogens is 460 g/mol. The Labute approximate surface area is 201 Å². The molecule has 15 heteroatoms. The third-order valence-electron chi connectivity index (χ3n) is 4.93. The first-order chi connectivity index (χ1) is 16.5. The normalized spacial score (nSPS) is 15.1. The second-order valence-corrected chi connectivity index (χ2v) is 7.75. The fourth-order valence-corrected chi connectivity index (χ4v) is 2.94. The van der Waals surface area contributed by atoms with E-state index in [1.165, 1.54) is 17.3 Å². The van der Waals surface area contributed by atoms with Gasteiger partial charge in [-0.1, -0.05) is 0 Å². The maximum absolute atomic E-state index is 12.5. The van der Waals surface area contributed by atoms with Crippen LogP contribution in [0.2, 0.25) is 0 Å². The largest absolute Gasteiger partial charge is 0.480 e. The molecule has 0 aromatic carbocycles. The van der Waals surface area contributed by atoms with Crippen molar-refractivity contribution < 1.29 is 24.6 Å². The van der Waals surface area contributed by atoms with Gasteiger partial charge in [-0.2, -0.15) is 0 Å². The van der Waals surface area contributed by atoms with Gasteiger partial charge in [0.05, 0.1) is 22.8 Å². The maximum atomic E-state index is 12.5. The third kappa shape index (κ3) is 8.11. The number of carboxylic acids is 2. The van der Waals surface area contributed by atoms with E-state index in [2.05, 4.69) is 21.3 Å². The molecule has 0 fully saturated rings. The topological polar surface area (TPSA) is 251 Å². The number of hydrogen-bond acceptors (Lipinski definition) is 12. The fraction of sp³-hybridized carbons (Fsp3) is 0.400. The standard InChI is InChI=1S/C20H32N10O5/c1-2-25-18(31)11-7-15(14(23)9-29(24)5-3-12(21)19(32)33)26-16(8-11)17-10-30(28-27-17)6-4-13(22)20(34)35/h7-10,12-13,27-28H,2-6,21-24H2,1H3,(H,25,31)(H,32,33)(H,34,35)/b14-9-. The highest BCUT2D eigenvalue weighted by Gasteiger charge is 2.20. The predicted octanol–water partition coefficient (Wildman–Crippen LogP) is -2.51. The van der Waals surface area contributed by atoms with Gasteiger partial charge in [-0.15, -0.1) is 5.53 Å². The number of hydrogen-bond donors (Lipinski definition) is 9. The Kier molecular flexibility index (Phi) is 9.77. The van der Waals surface area contributed by atoms with Crippen molar-refractivity contribution in [1.82, 2.24) is 31.3 Å². The summed E-state index contributed by atoms with van der Waals surface area (Å²) in [5.41, 5.74) is 24.6. The van der Waals surface area contributed by atoms with Crippen molar-refractivity contribution in [3.63, 3.8) is 0 Å². The van der Waals surface area contributed by atoms with Gasteiger partial charge in [0.15, 0.2) is 0 Å². The minimum Gasteiger partial charge on any atom is -0.480 e. The van der Waals surface area contributed by atoms with Gasteiger partial charge < -0.3 is 43.2 Å². The van der Waals surface area contributed by atoms with Crippen LogP contribution < -0.4 is 39.3 Å². The number of nitrogens with two attached hydrogens (primary N) is 4. The van der Waals surface area contributed by atoms with Gasteiger partial charge >= 0.3 is 11.9 Å². The Bertz CT molecular complexity index is 999. The highest BCUT2D eigenvalue weighted by molar-refractivity contribution is 5.95. The highest BCUT2D eigenvalue weighted by atomic mass is 16.4. The second kappa shape index (κ2) is 12.5. The van der Waals surface area contributed by atoms with Gasteiger partial charge in [-0.05, 0) is 31.9 Å². The zero-order valence-corrected chi connectivity index (χ0v) is 19.3. The summed E-state index contributed by atoms with van der Waals surface area (Å²) in [4.78, 5) is 38.8. The first-order valence-corrected chi connectivity index (χ1v) is 10.8. The molecule has 2 heterocycles. The minimum absolute atomic E-state index is 0.0943. The summed E-state index contributed by atoms with van der Waals surface area (Å²) in [6, 6.07) is 1.00. The van der Waals surface area contributed by atoms with Crippen LogP contribution in [0.1, 0.15) is 41.5 Å². The number of aliphatic carboxylic acids is 2. The van der Waals surface area contributed by atoms with Crippen molar-refractivity contribution in [3.8, 4) is 0 Å². The predicted molar refractivity (Wildman–Crippen MR) is 127 cm³/mol. The van der Waals surface area contributed by atoms with Crippen LogP contribution >= 0.6 is 0 Å². The maximum Gasteiger partial charge on any atom is 0.320 e. The fourth-order valence-electron chi connectivity index (χ4n) is 2.94. The molecule has 0 aliphatic carbocycles. The summed E-state index contributed by atoms with van der Waals surface area (Å²) in [5.74, 6) is 3.33. The molecule has 1 aliphatic heterocycles. The summed E-state index contributed by atoms with van der Waals surface area (Å²) in [6.07, 6.45) is 3.32. The number of hydrazine groups is 3. The molecule has 15 nitrogen and oxygen atoms in total. The van der Waals surface area contributed by atoms with Gasteiger partial charge in [0.2, 0.25) is 0 Å². The molecule has 0 saturated heterocycles. The zero-order valence-electron chi connectivity index (χ0n) is 19.3. The Morgan fingerprint density at radius 2 is 1.86 bits per heavy atom. The van der Waals surface area contributed by atoms with Gasteiger partial charge in [-0.3, -0.25) is 19.4 Å². The van der Waals surface area contributed by atoms with Crippen LogP contribution in [0.3, 0.4) is 0 Å². The molecule has 1 amide bonds. The minimum atomic E-state index is -1.14. The van der Waals surface area contributed by atoms with Crippen LogP contribution in [0, 0.1) is 0 Å². The van der Waals surface area contributed by atoms with Gasteiger partial charge in [0.25, 0.3) is 5.91 Å². The van der Waals surface area contributed by atoms with Crippen molar-refractivity contribution in [1.29, 1.82) is 0 Å². The van der Waals surface area contributed by atoms with Crippen LogP contribution in [0.25, 0.3) is 11.4 Å². The van der Waals surface area contributed by atoms with E-state index in [9.17, 15) is 14.4 Å². The van der Waals surface area contributed by atoms with Crippen molar-refractivity contribution in [2.45, 2.75) is 31.8 Å². The average molecular weight is 493 g/mol. The summed E-state index contributed by atoms with van der Waals surface area (Å²) in [6.45, 7) is 2.63. The van der Waals surface area contributed by atoms with Crippen LogP contribution in [0.5, 0.6) is 0 Å². The lowest BCUT2D eigenvalue weighted by atomic mass is 10.1. The van der Waals surface area contributed by atoms with Gasteiger partial charge in [0.1, 0.15) is 12.1 Å². The molecule has 1 aromatic rings. The van der Waals surface area contributed by atoms with E-state index in [1.54, 1.807) is 24.2 Å². The van der Waals surface area contributed by atoms with E-state index in [4.69, 9.17) is 33.3 Å². The highest BCUT2D eigenvalue weighted by Crippen LogP contribution is 2.19. The average Bonchev–Trinajstić information content (AvgIpc) is 3.29. The lowest BCUT2D eigenvalue weighted by Crippen LogP contribution is -2.40. The number of carboxylic acid groups (broad SMARTS) is 2. The van der Waals surface area contributed by atoms with Crippen LogP contribution in [0.15, 0.2) is 24.5 Å². The van der Waals surface area contributed by atoms with Gasteiger partial charge in [-0.25, -0.2) is 10.8 Å². The van der Waals surface area contributed by atoms with E-state index in [0.717, 1.165) is 0 Å². The number of carbonyl (C=O) groups excluding carboxylic acids is 1. The molecule has 0 spiro atoms. The summed E-state index contributed by atoms with van der Waals surface area (Å²) >= 11 is 0. The number of aromatic nitrogens is 1. The molecule has 1 aromatic heterocycles. The number of pyridine rings is 1. The van der Waals surface area contributed by atoms with Crippen LogP contribution in [-0.4, -0.2) is 74.8 Å². The molecule has 35 heavy (non-hydrogen) atoms. The summed E-state index contributed by atoms with van der Waals surface area (Å²) in [7, 11) is 0. The van der Waals surface area contributed by atoms with Crippen LogP contribution in [-0.2, 0) is 9.59 Å². The Morgan fingerprint density at radius 1 is 1.20 bits per heavy atom. The van der Waals surface area contributed by atoms with Crippen molar-refractivity contribution >= 4 is 29.2 Å². The van der Waals surface area contributed by atoms with Crippen molar-refractivity contribution in [2.24, 2.45) is 23.0 Å². The quantitative estimate of drug-likeness (QED) is 0.102. The zero-order chi connectivity index (χ0) is 26.1. The monoisotopic (exact) mass is 492 g/mol. The lowest BCUT2D eigenvalue weighted by molar-refractivity contribution is -0.139. The molecule has 13 N–H and O–H groups in total. The molecule has 0 saturated carbocycles.